The van der Waals surface area contributed by atoms with Crippen molar-refractivity contribution in [3.63, 3.8) is 0 Å². The van der Waals surface area contributed by atoms with Gasteiger partial charge in [-0.1, -0.05) is 13.0 Å². The van der Waals surface area contributed by atoms with E-state index in [1.807, 2.05) is 34.2 Å². The first-order valence-corrected chi connectivity index (χ1v) is 10.0. The second-order valence-corrected chi connectivity index (χ2v) is 7.56. The Morgan fingerprint density at radius 2 is 1.57 bits per heavy atom. The second-order valence-electron chi connectivity index (χ2n) is 7.56. The number of nitrogens with zero attached hydrogens (tertiary/aromatic N) is 6. The van der Waals surface area contributed by atoms with Gasteiger partial charge in [0.25, 0.3) is 11.8 Å². The van der Waals surface area contributed by atoms with Crippen LogP contribution in [-0.4, -0.2) is 107 Å². The maximum atomic E-state index is 13.2. The third-order valence-electron chi connectivity index (χ3n) is 5.84. The summed E-state index contributed by atoms with van der Waals surface area (Å²) in [5, 5.41) is 0. The highest BCUT2D eigenvalue weighted by Crippen LogP contribution is 2.18. The molecule has 150 valence electrons. The minimum Gasteiger partial charge on any atom is -0.335 e. The van der Waals surface area contributed by atoms with E-state index in [4.69, 9.17) is 0 Å². The topological polar surface area (TPSA) is 64.4 Å². The van der Waals surface area contributed by atoms with Crippen LogP contribution < -0.4 is 0 Å². The summed E-state index contributed by atoms with van der Waals surface area (Å²) in [5.41, 5.74) is 1.07. The van der Waals surface area contributed by atoms with Crippen LogP contribution in [0.15, 0.2) is 24.4 Å². The number of pyridine rings is 1. The summed E-state index contributed by atoms with van der Waals surface area (Å²) in [7, 11) is 2.06. The number of rotatable bonds is 3. The first kappa shape index (κ1) is 18.9. The van der Waals surface area contributed by atoms with Crippen LogP contribution in [0.1, 0.15) is 28.0 Å². The van der Waals surface area contributed by atoms with E-state index in [9.17, 15) is 9.59 Å². The van der Waals surface area contributed by atoms with Crippen LogP contribution >= 0.6 is 0 Å². The standard InChI is InChI=1S/C20H28N6O2/c1-3-23-10-14-24(15-11-23)19(27)17-16-6-4-5-7-26(16)18(21-17)20(28)25-12-8-22(2)9-13-25/h4-7H,3,8-15H2,1-2H3. The zero-order chi connectivity index (χ0) is 19.7. The largest absolute Gasteiger partial charge is 0.335 e. The number of fused-ring (bicyclic) bond motifs is 1. The highest BCUT2D eigenvalue weighted by Gasteiger charge is 2.29. The highest BCUT2D eigenvalue weighted by atomic mass is 16.2. The van der Waals surface area contributed by atoms with Crippen LogP contribution in [0.3, 0.4) is 0 Å². The molecule has 2 aliphatic heterocycles. The maximum Gasteiger partial charge on any atom is 0.290 e. The number of hydrogen-bond acceptors (Lipinski definition) is 5. The molecular formula is C20H28N6O2. The van der Waals surface area contributed by atoms with Crippen LogP contribution in [0, 0.1) is 0 Å². The Balaban J connectivity index is 1.61. The number of amides is 2. The van der Waals surface area contributed by atoms with E-state index in [-0.39, 0.29) is 11.8 Å². The lowest BCUT2D eigenvalue weighted by molar-refractivity contribution is 0.0638. The van der Waals surface area contributed by atoms with Crippen molar-refractivity contribution in [2.24, 2.45) is 0 Å². The number of aromatic nitrogens is 2. The van der Waals surface area contributed by atoms with Gasteiger partial charge in [-0.15, -0.1) is 0 Å². The molecule has 0 unspecified atom stereocenters. The van der Waals surface area contributed by atoms with Crippen LogP contribution in [0.5, 0.6) is 0 Å². The molecule has 0 aromatic carbocycles. The van der Waals surface area contributed by atoms with Gasteiger partial charge in [-0.3, -0.25) is 14.0 Å². The monoisotopic (exact) mass is 384 g/mol. The molecule has 4 heterocycles. The molecule has 8 nitrogen and oxygen atoms in total. The molecule has 0 spiro atoms. The predicted molar refractivity (Wildman–Crippen MR) is 107 cm³/mol. The number of likely N-dealkylation sites (N-methyl/N-ethyl adjacent to an activating group) is 2. The van der Waals surface area contributed by atoms with Crippen molar-refractivity contribution in [2.75, 3.05) is 66.0 Å². The molecule has 0 saturated carbocycles. The lowest BCUT2D eigenvalue weighted by Gasteiger charge is -2.33. The summed E-state index contributed by atoms with van der Waals surface area (Å²) < 4.78 is 1.76. The molecule has 2 fully saturated rings. The molecule has 2 saturated heterocycles. The zero-order valence-corrected chi connectivity index (χ0v) is 16.7. The van der Waals surface area contributed by atoms with Gasteiger partial charge in [0.05, 0.1) is 5.52 Å². The van der Waals surface area contributed by atoms with Gasteiger partial charge in [0.15, 0.2) is 5.69 Å². The summed E-state index contributed by atoms with van der Waals surface area (Å²) in [6.45, 7) is 9.34. The predicted octanol–water partition coefficient (Wildman–Crippen LogP) is 0.500. The fraction of sp³-hybridized carbons (Fsp3) is 0.550. The minimum atomic E-state index is -0.107. The van der Waals surface area contributed by atoms with Crippen molar-refractivity contribution < 1.29 is 9.59 Å². The van der Waals surface area contributed by atoms with Crippen molar-refractivity contribution in [1.82, 2.24) is 29.0 Å². The van der Waals surface area contributed by atoms with Gasteiger partial charge in [0.1, 0.15) is 0 Å². The Hall–Kier alpha value is -2.45. The fourth-order valence-electron chi connectivity index (χ4n) is 3.91. The Labute approximate surface area is 165 Å². The van der Waals surface area contributed by atoms with Gasteiger partial charge in [0, 0.05) is 58.6 Å². The molecule has 28 heavy (non-hydrogen) atoms. The van der Waals surface area contributed by atoms with Crippen molar-refractivity contribution >= 4 is 17.3 Å². The van der Waals surface area contributed by atoms with Crippen LogP contribution in [0.4, 0.5) is 0 Å². The second kappa shape index (κ2) is 7.89. The summed E-state index contributed by atoms with van der Waals surface area (Å²) in [5.74, 6) is 0.136. The molecule has 2 aliphatic rings. The lowest BCUT2D eigenvalue weighted by atomic mass is 10.2. The van der Waals surface area contributed by atoms with Crippen LogP contribution in [0.25, 0.3) is 5.52 Å². The molecule has 2 aromatic heterocycles. The highest BCUT2D eigenvalue weighted by molar-refractivity contribution is 6.02. The first-order valence-electron chi connectivity index (χ1n) is 10.0. The number of carbonyl (C=O) groups is 2. The van der Waals surface area contributed by atoms with Gasteiger partial charge in [-0.25, -0.2) is 4.98 Å². The van der Waals surface area contributed by atoms with E-state index < -0.39 is 0 Å². The summed E-state index contributed by atoms with van der Waals surface area (Å²) in [6.07, 6.45) is 1.82. The molecule has 0 bridgehead atoms. The SMILES string of the molecule is CCN1CCN(C(=O)c2nc(C(=O)N3CCN(C)CC3)n3ccccc23)CC1. The number of piperazine rings is 2. The zero-order valence-electron chi connectivity index (χ0n) is 16.7. The summed E-state index contributed by atoms with van der Waals surface area (Å²) in [4.78, 5) is 39.0. The number of carbonyl (C=O) groups excluding carboxylic acids is 2. The van der Waals surface area contributed by atoms with E-state index in [0.29, 0.717) is 43.2 Å². The summed E-state index contributed by atoms with van der Waals surface area (Å²) in [6, 6.07) is 5.61. The Kier molecular flexibility index (Phi) is 5.32. The van der Waals surface area contributed by atoms with E-state index in [1.165, 1.54) is 0 Å². The van der Waals surface area contributed by atoms with Crippen LogP contribution in [-0.2, 0) is 0 Å². The van der Waals surface area contributed by atoms with Gasteiger partial charge in [0.2, 0.25) is 5.82 Å². The van der Waals surface area contributed by atoms with E-state index in [2.05, 4.69) is 28.8 Å². The first-order chi connectivity index (χ1) is 13.6. The van der Waals surface area contributed by atoms with Gasteiger partial charge >= 0.3 is 0 Å². The van der Waals surface area contributed by atoms with E-state index >= 15 is 0 Å². The van der Waals surface area contributed by atoms with Crippen molar-refractivity contribution in [1.29, 1.82) is 0 Å². The van der Waals surface area contributed by atoms with Crippen molar-refractivity contribution in [3.8, 4) is 0 Å². The minimum absolute atomic E-state index is 0.0862. The third kappa shape index (κ3) is 3.49. The van der Waals surface area contributed by atoms with E-state index in [0.717, 1.165) is 32.7 Å². The molecule has 0 atom stereocenters. The molecule has 8 heteroatoms. The van der Waals surface area contributed by atoms with Gasteiger partial charge in [-0.05, 0) is 25.7 Å². The van der Waals surface area contributed by atoms with Crippen molar-refractivity contribution in [3.05, 3.63) is 35.9 Å². The lowest BCUT2D eigenvalue weighted by Crippen LogP contribution is -2.48. The van der Waals surface area contributed by atoms with Gasteiger partial charge in [-0.2, -0.15) is 0 Å². The number of hydrogen-bond donors (Lipinski definition) is 0. The molecule has 0 N–H and O–H groups in total. The average Bonchev–Trinajstić information content (AvgIpc) is 3.13. The molecule has 2 aromatic rings. The molecule has 4 rings (SSSR count). The smallest absolute Gasteiger partial charge is 0.290 e. The molecule has 0 aliphatic carbocycles. The Morgan fingerprint density at radius 1 is 0.929 bits per heavy atom. The normalized spacial score (nSPS) is 19.4. The van der Waals surface area contributed by atoms with Crippen LogP contribution in [0.2, 0.25) is 0 Å². The Morgan fingerprint density at radius 3 is 2.25 bits per heavy atom. The fourth-order valence-corrected chi connectivity index (χ4v) is 3.91. The summed E-state index contributed by atoms with van der Waals surface area (Å²) >= 11 is 0. The quantitative estimate of drug-likeness (QED) is 0.771. The average molecular weight is 384 g/mol. The van der Waals surface area contributed by atoms with Gasteiger partial charge < -0.3 is 19.6 Å². The molecular weight excluding hydrogens is 356 g/mol. The molecule has 0 radical (unpaired) electrons. The maximum absolute atomic E-state index is 13.2. The van der Waals surface area contributed by atoms with E-state index in [1.54, 1.807) is 4.40 Å². The Bertz CT molecular complexity index is 863. The number of imidazole rings is 1. The van der Waals surface area contributed by atoms with Crippen molar-refractivity contribution in [2.45, 2.75) is 6.92 Å². The molecule has 2 amide bonds. The third-order valence-corrected chi connectivity index (χ3v) is 5.84.